The lowest BCUT2D eigenvalue weighted by Crippen LogP contribution is -2.49. The molecule has 0 bridgehead atoms. The van der Waals surface area contributed by atoms with Gasteiger partial charge in [-0.15, -0.1) is 23.7 Å². The molecule has 0 saturated carbocycles. The van der Waals surface area contributed by atoms with Crippen molar-refractivity contribution in [3.05, 3.63) is 21.3 Å². The predicted molar refractivity (Wildman–Crippen MR) is 69.3 cm³/mol. The molecular formula is C10H16Cl2N2S. The van der Waals surface area contributed by atoms with Crippen molar-refractivity contribution >= 4 is 35.3 Å². The molecule has 0 spiro atoms. The Morgan fingerprint density at radius 3 is 3.07 bits per heavy atom. The van der Waals surface area contributed by atoms with Crippen molar-refractivity contribution in [1.82, 2.24) is 10.2 Å². The normalized spacial score (nSPS) is 22.4. The monoisotopic (exact) mass is 266 g/mol. The smallest absolute Gasteiger partial charge is 0.0558 e. The third-order valence-electron chi connectivity index (χ3n) is 2.68. The number of halogens is 2. The second-order valence-corrected chi connectivity index (χ2v) is 5.12. The average molecular weight is 267 g/mol. The first-order chi connectivity index (χ1) is 6.77. The second kappa shape index (κ2) is 6.06. The van der Waals surface area contributed by atoms with Gasteiger partial charge in [-0.05, 0) is 18.4 Å². The molecule has 1 aromatic rings. The first-order valence-corrected chi connectivity index (χ1v) is 6.20. The minimum atomic E-state index is 0. The van der Waals surface area contributed by atoms with E-state index in [2.05, 4.69) is 22.5 Å². The molecule has 5 heteroatoms. The van der Waals surface area contributed by atoms with E-state index in [1.165, 1.54) is 4.88 Å². The zero-order valence-corrected chi connectivity index (χ0v) is 11.1. The van der Waals surface area contributed by atoms with Gasteiger partial charge in [-0.3, -0.25) is 4.90 Å². The zero-order valence-electron chi connectivity index (χ0n) is 8.70. The van der Waals surface area contributed by atoms with Gasteiger partial charge in [0.05, 0.1) is 5.02 Å². The number of piperazine rings is 1. The molecule has 1 aromatic heterocycles. The van der Waals surface area contributed by atoms with Crippen LogP contribution in [0.5, 0.6) is 0 Å². The average Bonchev–Trinajstić information content (AvgIpc) is 2.56. The molecule has 0 unspecified atom stereocenters. The van der Waals surface area contributed by atoms with E-state index in [-0.39, 0.29) is 12.4 Å². The summed E-state index contributed by atoms with van der Waals surface area (Å²) in [4.78, 5) is 3.77. The Labute approximate surface area is 106 Å². The van der Waals surface area contributed by atoms with E-state index in [0.717, 1.165) is 31.2 Å². The van der Waals surface area contributed by atoms with Crippen LogP contribution in [0.4, 0.5) is 0 Å². The highest BCUT2D eigenvalue weighted by Gasteiger charge is 2.18. The van der Waals surface area contributed by atoms with Crippen LogP contribution in [-0.2, 0) is 6.54 Å². The van der Waals surface area contributed by atoms with Crippen LogP contribution in [0.1, 0.15) is 11.8 Å². The van der Waals surface area contributed by atoms with Gasteiger partial charge in [0.25, 0.3) is 0 Å². The summed E-state index contributed by atoms with van der Waals surface area (Å²) in [5.74, 6) is 0. The number of hydrogen-bond donors (Lipinski definition) is 1. The lowest BCUT2D eigenvalue weighted by Gasteiger charge is -2.33. The molecule has 0 aromatic carbocycles. The van der Waals surface area contributed by atoms with Gasteiger partial charge in [0.1, 0.15) is 0 Å². The number of hydrogen-bond acceptors (Lipinski definition) is 3. The number of nitrogens with zero attached hydrogens (tertiary/aromatic N) is 1. The minimum Gasteiger partial charge on any atom is -0.314 e. The summed E-state index contributed by atoms with van der Waals surface area (Å²) in [7, 11) is 0. The van der Waals surface area contributed by atoms with E-state index < -0.39 is 0 Å². The molecular weight excluding hydrogens is 251 g/mol. The second-order valence-electron chi connectivity index (χ2n) is 3.72. The van der Waals surface area contributed by atoms with Crippen molar-refractivity contribution in [3.8, 4) is 0 Å². The van der Waals surface area contributed by atoms with Crippen molar-refractivity contribution in [3.63, 3.8) is 0 Å². The first kappa shape index (κ1) is 13.3. The lowest BCUT2D eigenvalue weighted by molar-refractivity contribution is 0.167. The predicted octanol–water partition coefficient (Wildman–Crippen LogP) is 2.62. The summed E-state index contributed by atoms with van der Waals surface area (Å²) in [6.07, 6.45) is 0. The van der Waals surface area contributed by atoms with Crippen LogP contribution in [0, 0.1) is 0 Å². The maximum atomic E-state index is 6.07. The van der Waals surface area contributed by atoms with Crippen LogP contribution >= 0.6 is 35.3 Å². The van der Waals surface area contributed by atoms with Crippen LogP contribution in [0.3, 0.4) is 0 Å². The van der Waals surface area contributed by atoms with Crippen LogP contribution in [0.25, 0.3) is 0 Å². The summed E-state index contributed by atoms with van der Waals surface area (Å²) in [5, 5.41) is 6.36. The highest BCUT2D eigenvalue weighted by Crippen LogP contribution is 2.24. The van der Waals surface area contributed by atoms with Crippen LogP contribution in [0.2, 0.25) is 5.02 Å². The largest absolute Gasteiger partial charge is 0.314 e. The molecule has 1 aliphatic rings. The van der Waals surface area contributed by atoms with E-state index in [0.29, 0.717) is 6.04 Å². The van der Waals surface area contributed by atoms with Crippen molar-refractivity contribution < 1.29 is 0 Å². The molecule has 1 fully saturated rings. The van der Waals surface area contributed by atoms with E-state index in [4.69, 9.17) is 11.6 Å². The highest BCUT2D eigenvalue weighted by molar-refractivity contribution is 7.10. The summed E-state index contributed by atoms with van der Waals surface area (Å²) >= 11 is 7.83. The van der Waals surface area contributed by atoms with Crippen molar-refractivity contribution in [2.45, 2.75) is 19.5 Å². The van der Waals surface area contributed by atoms with Crippen molar-refractivity contribution in [2.24, 2.45) is 0 Å². The van der Waals surface area contributed by atoms with Gasteiger partial charge in [-0.25, -0.2) is 0 Å². The molecule has 2 rings (SSSR count). The Morgan fingerprint density at radius 2 is 2.47 bits per heavy atom. The summed E-state index contributed by atoms with van der Waals surface area (Å²) in [6, 6.07) is 2.59. The first-order valence-electron chi connectivity index (χ1n) is 4.94. The Bertz CT molecular complexity index is 303. The molecule has 15 heavy (non-hydrogen) atoms. The standard InChI is InChI=1S/C10H15ClN2S.ClH/c1-8-6-12-3-4-13(8)7-10-9(11)2-5-14-10;/h2,5,8,12H,3-4,6-7H2,1H3;1H/t8-;/m0./s1. The van der Waals surface area contributed by atoms with Crippen LogP contribution in [0.15, 0.2) is 11.4 Å². The minimum absolute atomic E-state index is 0. The van der Waals surface area contributed by atoms with Gasteiger partial charge in [-0.2, -0.15) is 0 Å². The van der Waals surface area contributed by atoms with Crippen molar-refractivity contribution in [1.29, 1.82) is 0 Å². The Balaban J connectivity index is 0.00000112. The van der Waals surface area contributed by atoms with Gasteiger partial charge >= 0.3 is 0 Å². The molecule has 2 heterocycles. The van der Waals surface area contributed by atoms with Crippen LogP contribution < -0.4 is 5.32 Å². The van der Waals surface area contributed by atoms with Gasteiger partial charge in [0.15, 0.2) is 0 Å². The SMILES string of the molecule is C[C@H]1CNCCN1Cc1sccc1Cl.Cl. The summed E-state index contributed by atoms with van der Waals surface area (Å²) in [5.41, 5.74) is 0. The molecule has 1 N–H and O–H groups in total. The van der Waals surface area contributed by atoms with Gasteiger partial charge in [-0.1, -0.05) is 11.6 Å². The van der Waals surface area contributed by atoms with E-state index in [9.17, 15) is 0 Å². The molecule has 1 atom stereocenters. The Kier molecular flexibility index (Phi) is 5.36. The molecule has 0 amide bonds. The fraction of sp³-hybridized carbons (Fsp3) is 0.600. The molecule has 0 aliphatic carbocycles. The van der Waals surface area contributed by atoms with E-state index >= 15 is 0 Å². The summed E-state index contributed by atoms with van der Waals surface area (Å²) < 4.78 is 0. The van der Waals surface area contributed by atoms with Crippen molar-refractivity contribution in [2.75, 3.05) is 19.6 Å². The summed E-state index contributed by atoms with van der Waals surface area (Å²) in [6.45, 7) is 6.55. The fourth-order valence-electron chi connectivity index (χ4n) is 1.74. The molecule has 86 valence electrons. The third-order valence-corrected chi connectivity index (χ3v) is 4.05. The quantitative estimate of drug-likeness (QED) is 0.886. The highest BCUT2D eigenvalue weighted by atomic mass is 35.5. The molecule has 0 radical (unpaired) electrons. The molecule has 1 saturated heterocycles. The fourth-order valence-corrected chi connectivity index (χ4v) is 2.86. The van der Waals surface area contributed by atoms with E-state index in [1.54, 1.807) is 11.3 Å². The third kappa shape index (κ3) is 3.33. The molecule has 1 aliphatic heterocycles. The van der Waals surface area contributed by atoms with Gasteiger partial charge in [0, 0.05) is 37.1 Å². The molecule has 2 nitrogen and oxygen atoms in total. The number of rotatable bonds is 2. The number of nitrogens with one attached hydrogen (secondary N) is 1. The van der Waals surface area contributed by atoms with Crippen LogP contribution in [-0.4, -0.2) is 30.6 Å². The maximum absolute atomic E-state index is 6.07. The van der Waals surface area contributed by atoms with E-state index in [1.807, 2.05) is 6.07 Å². The zero-order chi connectivity index (χ0) is 9.97. The Hall–Kier alpha value is 0.200. The lowest BCUT2D eigenvalue weighted by atomic mass is 10.2. The van der Waals surface area contributed by atoms with Gasteiger partial charge in [0.2, 0.25) is 0 Å². The van der Waals surface area contributed by atoms with Gasteiger partial charge < -0.3 is 5.32 Å². The number of thiophene rings is 1. The Morgan fingerprint density at radius 1 is 1.67 bits per heavy atom. The topological polar surface area (TPSA) is 15.3 Å². The maximum Gasteiger partial charge on any atom is 0.0558 e.